The summed E-state index contributed by atoms with van der Waals surface area (Å²) in [5.74, 6) is -1.41. The van der Waals surface area contributed by atoms with E-state index in [1.165, 1.54) is 193 Å². The van der Waals surface area contributed by atoms with E-state index in [1.54, 1.807) is 18.2 Å². The molecule has 0 saturated carbocycles. The standard InChI is InChI=1S/C126H234N6O15/c1-7-13-19-25-43-61-79-106-142-118(133)88-67-49-31-37-55-73-97-130(98-74-56-38-32-50-68-89-119(134)143-107-80-62-44-26-20-14-8-2)103-85-94-127-124(139)115-112-116(125(140)128-95-86-104-131(99-75-57-39-33-51-69-90-120(135)144-108-81-63-45-27-21-15-9-3)100-76-58-40-34-52-70-91-121(136)145-109-82-64-46-28-22-16-10-4)114-117(113-115)126(141)129-96-87-105-132(101-77-59-41-35-53-71-92-122(137)146-110-83-65-47-29-23-17-11-5)102-78-60-42-36-54-72-93-123(138)147-111-84-66-48-30-24-18-12-6/h112-114H,7-111H2,1-6H3,(H,127,139)(H,128,140)(H,129,141). The van der Waals surface area contributed by atoms with Crippen LogP contribution in [-0.2, 0) is 57.2 Å². The predicted molar refractivity (Wildman–Crippen MR) is 614 cm³/mol. The topological polar surface area (TPSA) is 255 Å². The fraction of sp³-hybridized carbons (Fsp3) is 0.881. The van der Waals surface area contributed by atoms with Gasteiger partial charge >= 0.3 is 35.8 Å². The van der Waals surface area contributed by atoms with Crippen LogP contribution < -0.4 is 16.0 Å². The quantitative estimate of drug-likeness (QED) is 0.0311. The van der Waals surface area contributed by atoms with Gasteiger partial charge in [0.2, 0.25) is 0 Å². The molecule has 0 spiro atoms. The first kappa shape index (κ1) is 139. The van der Waals surface area contributed by atoms with Crippen LogP contribution in [-0.4, -0.2) is 186 Å². The summed E-state index contributed by atoms with van der Waals surface area (Å²) in [6.45, 7) is 26.1. The van der Waals surface area contributed by atoms with Crippen LogP contribution in [0.3, 0.4) is 0 Å². The Labute approximate surface area is 903 Å². The van der Waals surface area contributed by atoms with Gasteiger partial charge in [-0.05, 0) is 212 Å². The van der Waals surface area contributed by atoms with E-state index in [0.717, 1.165) is 386 Å². The Kier molecular flexibility index (Phi) is 106. The summed E-state index contributed by atoms with van der Waals surface area (Å²) in [5, 5.41) is 9.62. The molecule has 1 rings (SSSR count). The molecule has 0 aliphatic rings. The number of benzene rings is 1. The van der Waals surface area contributed by atoms with Gasteiger partial charge in [0.25, 0.3) is 17.7 Å². The molecule has 0 unspecified atom stereocenters. The molecule has 3 amide bonds. The molecule has 0 aromatic heterocycles. The SMILES string of the molecule is CCCCCCCCCOC(=O)CCCCCCCCN(CCCCCCCCC(=O)OCCCCCCCCC)CCCNC(=O)c1cc(C(=O)NCCCN(CCCCCCCCC(=O)OCCCCCCCCC)CCCCCCCCC(=O)OCCCCCCCCC)cc(C(=O)NCCCN(CCCCCCCCC(=O)OCCCCCCCCC)CCCCCCCCC(=O)OCCCCCCCCC)c1. The second kappa shape index (κ2) is 111. The number of unbranched alkanes of at least 4 members (excludes halogenated alkanes) is 66. The minimum atomic E-state index is -0.328. The fourth-order valence-corrected chi connectivity index (χ4v) is 19.6. The molecule has 0 fully saturated rings. The van der Waals surface area contributed by atoms with Crippen molar-refractivity contribution in [2.24, 2.45) is 0 Å². The average molecular weight is 2070 g/mol. The number of nitrogens with one attached hydrogen (secondary N) is 3. The van der Waals surface area contributed by atoms with E-state index in [2.05, 4.69) is 72.2 Å². The smallest absolute Gasteiger partial charge is 0.305 e. The Morgan fingerprint density at radius 1 is 0.163 bits per heavy atom. The van der Waals surface area contributed by atoms with Gasteiger partial charge in [0.1, 0.15) is 0 Å². The maximum absolute atomic E-state index is 14.6. The number of ether oxygens (including phenoxy) is 6. The van der Waals surface area contributed by atoms with E-state index in [4.69, 9.17) is 28.4 Å². The van der Waals surface area contributed by atoms with Crippen LogP contribution >= 0.6 is 0 Å². The molecule has 0 atom stereocenters. The number of nitrogens with zero attached hydrogens (tertiary/aromatic N) is 3. The van der Waals surface area contributed by atoms with Gasteiger partial charge < -0.3 is 59.1 Å². The lowest BCUT2D eigenvalue weighted by Gasteiger charge is -2.23. The molecule has 0 bridgehead atoms. The molecule has 0 heterocycles. The maximum Gasteiger partial charge on any atom is 0.305 e. The van der Waals surface area contributed by atoms with E-state index in [9.17, 15) is 43.2 Å². The molecule has 0 radical (unpaired) electrons. The molecule has 1 aromatic carbocycles. The Balaban J connectivity index is 3.42. The number of carbonyl (C=O) groups excluding carboxylic acids is 9. The van der Waals surface area contributed by atoms with Crippen LogP contribution in [0.15, 0.2) is 18.2 Å². The summed E-state index contributed by atoms with van der Waals surface area (Å²) in [6, 6.07) is 4.93. The highest BCUT2D eigenvalue weighted by Crippen LogP contribution is 2.22. The second-order valence-corrected chi connectivity index (χ2v) is 43.4. The Morgan fingerprint density at radius 3 is 0.435 bits per heavy atom. The van der Waals surface area contributed by atoms with Gasteiger partial charge in [-0.3, -0.25) is 43.2 Å². The van der Waals surface area contributed by atoms with Crippen molar-refractivity contribution in [3.8, 4) is 0 Å². The molecule has 858 valence electrons. The minimum Gasteiger partial charge on any atom is -0.466 e. The van der Waals surface area contributed by atoms with Crippen LogP contribution in [0.5, 0.6) is 0 Å². The lowest BCUT2D eigenvalue weighted by molar-refractivity contribution is -0.144. The molecule has 0 aliphatic heterocycles. The number of carbonyl (C=O) groups is 9. The van der Waals surface area contributed by atoms with Gasteiger partial charge in [-0.1, -0.05) is 427 Å². The Hall–Kier alpha value is -5.67. The summed E-state index contributed by atoms with van der Waals surface area (Å²) in [5.41, 5.74) is 0.803. The molecular weight excluding hydrogens is 1840 g/mol. The monoisotopic (exact) mass is 2070 g/mol. The second-order valence-electron chi connectivity index (χ2n) is 43.4. The lowest BCUT2D eigenvalue weighted by Crippen LogP contribution is -2.33. The first-order valence-corrected chi connectivity index (χ1v) is 63.3. The van der Waals surface area contributed by atoms with Gasteiger partial charge in [0.15, 0.2) is 0 Å². The van der Waals surface area contributed by atoms with Gasteiger partial charge in [-0.15, -0.1) is 0 Å². The number of amides is 3. The minimum absolute atomic E-state index is 0.0702. The van der Waals surface area contributed by atoms with Crippen LogP contribution in [0, 0.1) is 0 Å². The van der Waals surface area contributed by atoms with Crippen LogP contribution in [0.1, 0.15) is 631 Å². The third-order valence-corrected chi connectivity index (χ3v) is 29.2. The van der Waals surface area contributed by atoms with Crippen molar-refractivity contribution in [2.45, 2.75) is 600 Å². The van der Waals surface area contributed by atoms with Crippen molar-refractivity contribution < 1.29 is 71.6 Å². The summed E-state index contributed by atoms with van der Waals surface area (Å²) < 4.78 is 33.5. The molecule has 21 heteroatoms. The summed E-state index contributed by atoms with van der Waals surface area (Å²) >= 11 is 0. The number of hydrogen-bond donors (Lipinski definition) is 3. The van der Waals surface area contributed by atoms with Gasteiger partial charge in [-0.2, -0.15) is 0 Å². The summed E-state index contributed by atoms with van der Waals surface area (Å²) in [7, 11) is 0. The van der Waals surface area contributed by atoms with Crippen molar-refractivity contribution >= 4 is 53.5 Å². The van der Waals surface area contributed by atoms with Crippen molar-refractivity contribution in [3.63, 3.8) is 0 Å². The molecule has 3 N–H and O–H groups in total. The van der Waals surface area contributed by atoms with E-state index in [-0.39, 0.29) is 70.2 Å². The average Bonchev–Trinajstić information content (AvgIpc) is 0.824. The number of esters is 6. The summed E-state index contributed by atoms with van der Waals surface area (Å²) in [6.07, 6.45) is 92.8. The van der Waals surface area contributed by atoms with Crippen molar-refractivity contribution in [2.75, 3.05) is 118 Å². The molecular formula is C126H234N6O15. The van der Waals surface area contributed by atoms with Crippen LogP contribution in [0.2, 0.25) is 0 Å². The molecule has 147 heavy (non-hydrogen) atoms. The molecule has 0 aliphatic carbocycles. The fourth-order valence-electron chi connectivity index (χ4n) is 19.6. The zero-order chi connectivity index (χ0) is 106. The molecule has 1 aromatic rings. The first-order valence-electron chi connectivity index (χ1n) is 63.3. The lowest BCUT2D eigenvalue weighted by atomic mass is 10.0. The van der Waals surface area contributed by atoms with Crippen molar-refractivity contribution in [1.29, 1.82) is 0 Å². The Morgan fingerprint density at radius 2 is 0.286 bits per heavy atom. The van der Waals surface area contributed by atoms with Crippen LogP contribution in [0.25, 0.3) is 0 Å². The first-order chi connectivity index (χ1) is 72.2. The highest BCUT2D eigenvalue weighted by atomic mass is 16.6. The van der Waals surface area contributed by atoms with Crippen molar-refractivity contribution in [1.82, 2.24) is 30.7 Å². The predicted octanol–water partition coefficient (Wildman–Crippen LogP) is 33.1. The van der Waals surface area contributed by atoms with E-state index in [1.807, 2.05) is 0 Å². The van der Waals surface area contributed by atoms with E-state index < -0.39 is 0 Å². The zero-order valence-corrected chi connectivity index (χ0v) is 96.9. The third kappa shape index (κ3) is 98.2. The highest BCUT2D eigenvalue weighted by molar-refractivity contribution is 6.04. The number of hydrogen-bond acceptors (Lipinski definition) is 18. The highest BCUT2D eigenvalue weighted by Gasteiger charge is 2.20. The van der Waals surface area contributed by atoms with Gasteiger partial charge in [0, 0.05) is 74.8 Å². The third-order valence-electron chi connectivity index (χ3n) is 29.2. The van der Waals surface area contributed by atoms with Crippen LogP contribution in [0.4, 0.5) is 0 Å². The van der Waals surface area contributed by atoms with Gasteiger partial charge in [0.05, 0.1) is 39.6 Å². The van der Waals surface area contributed by atoms with Crippen molar-refractivity contribution in [3.05, 3.63) is 34.9 Å². The largest absolute Gasteiger partial charge is 0.466 e. The number of rotatable bonds is 117. The molecule has 0 saturated heterocycles. The van der Waals surface area contributed by atoms with E-state index in [0.29, 0.717) is 97.8 Å². The Bertz CT molecular complexity index is 2670. The normalized spacial score (nSPS) is 11.5. The summed E-state index contributed by atoms with van der Waals surface area (Å²) in [4.78, 5) is 127. The van der Waals surface area contributed by atoms with E-state index >= 15 is 0 Å². The van der Waals surface area contributed by atoms with Gasteiger partial charge in [-0.25, -0.2) is 0 Å². The maximum atomic E-state index is 14.6. The zero-order valence-electron chi connectivity index (χ0n) is 96.9. The molecule has 21 nitrogen and oxygen atoms in total.